The van der Waals surface area contributed by atoms with E-state index in [9.17, 15) is 0 Å². The zero-order valence-electron chi connectivity index (χ0n) is 12.5. The van der Waals surface area contributed by atoms with Crippen molar-refractivity contribution in [3.05, 3.63) is 51.5 Å². The maximum absolute atomic E-state index is 5.99. The number of hydrogen-bond donors (Lipinski definition) is 0. The van der Waals surface area contributed by atoms with E-state index >= 15 is 0 Å². The molecule has 0 radical (unpaired) electrons. The van der Waals surface area contributed by atoms with Gasteiger partial charge in [-0.3, -0.25) is 0 Å². The standard InChI is InChI=1S/C17H16Cl2O3/c1-20-15-8-12(9-16(21-2)17(15)22-3)5-4-11-6-13(18)10-14(19)7-11/h4-10H,1-3H3/b5-4-. The highest BCUT2D eigenvalue weighted by atomic mass is 35.5. The molecule has 0 spiro atoms. The summed E-state index contributed by atoms with van der Waals surface area (Å²) >= 11 is 12.0. The van der Waals surface area contributed by atoms with Gasteiger partial charge in [-0.25, -0.2) is 0 Å². The highest BCUT2D eigenvalue weighted by Crippen LogP contribution is 2.38. The molecule has 22 heavy (non-hydrogen) atoms. The normalized spacial score (nSPS) is 10.8. The maximum atomic E-state index is 5.99. The lowest BCUT2D eigenvalue weighted by Gasteiger charge is -2.12. The first kappa shape index (κ1) is 16.5. The Morgan fingerprint density at radius 2 is 1.14 bits per heavy atom. The fourth-order valence-electron chi connectivity index (χ4n) is 2.06. The zero-order chi connectivity index (χ0) is 16.1. The number of halogens is 2. The van der Waals surface area contributed by atoms with E-state index in [2.05, 4.69) is 0 Å². The van der Waals surface area contributed by atoms with E-state index in [-0.39, 0.29) is 0 Å². The molecule has 116 valence electrons. The van der Waals surface area contributed by atoms with E-state index in [0.29, 0.717) is 27.3 Å². The summed E-state index contributed by atoms with van der Waals surface area (Å²) in [5, 5.41) is 1.19. The van der Waals surface area contributed by atoms with Crippen molar-refractivity contribution in [1.29, 1.82) is 0 Å². The number of methoxy groups -OCH3 is 3. The van der Waals surface area contributed by atoms with Gasteiger partial charge >= 0.3 is 0 Å². The first-order valence-electron chi connectivity index (χ1n) is 6.51. The second kappa shape index (κ2) is 7.43. The smallest absolute Gasteiger partial charge is 0.203 e. The molecule has 0 N–H and O–H groups in total. The summed E-state index contributed by atoms with van der Waals surface area (Å²) in [5.74, 6) is 1.77. The Kier molecular flexibility index (Phi) is 5.58. The van der Waals surface area contributed by atoms with Gasteiger partial charge in [0.25, 0.3) is 0 Å². The molecule has 0 aliphatic heterocycles. The molecule has 0 bridgehead atoms. The number of benzene rings is 2. The molecule has 0 unspecified atom stereocenters. The lowest BCUT2D eigenvalue weighted by Crippen LogP contribution is -1.95. The van der Waals surface area contributed by atoms with Crippen molar-refractivity contribution in [1.82, 2.24) is 0 Å². The first-order valence-corrected chi connectivity index (χ1v) is 7.27. The zero-order valence-corrected chi connectivity index (χ0v) is 14.0. The van der Waals surface area contributed by atoms with Gasteiger partial charge < -0.3 is 14.2 Å². The second-order valence-electron chi connectivity index (χ2n) is 4.49. The molecule has 3 nitrogen and oxygen atoms in total. The minimum Gasteiger partial charge on any atom is -0.493 e. The van der Waals surface area contributed by atoms with Crippen LogP contribution in [-0.4, -0.2) is 21.3 Å². The summed E-state index contributed by atoms with van der Waals surface area (Å²) in [5.41, 5.74) is 1.82. The van der Waals surface area contributed by atoms with E-state index in [4.69, 9.17) is 37.4 Å². The maximum Gasteiger partial charge on any atom is 0.203 e. The van der Waals surface area contributed by atoms with Gasteiger partial charge in [-0.05, 0) is 41.5 Å². The van der Waals surface area contributed by atoms with Crippen LogP contribution in [0.5, 0.6) is 17.2 Å². The summed E-state index contributed by atoms with van der Waals surface area (Å²) in [6.45, 7) is 0. The molecule has 0 saturated heterocycles. The van der Waals surface area contributed by atoms with Crippen LogP contribution in [0.4, 0.5) is 0 Å². The van der Waals surface area contributed by atoms with Crippen LogP contribution in [0, 0.1) is 0 Å². The summed E-state index contributed by atoms with van der Waals surface area (Å²) in [6.07, 6.45) is 3.84. The third-order valence-corrected chi connectivity index (χ3v) is 3.48. The van der Waals surface area contributed by atoms with E-state index in [1.807, 2.05) is 36.4 Å². The predicted octanol–water partition coefficient (Wildman–Crippen LogP) is 5.19. The van der Waals surface area contributed by atoms with Crippen LogP contribution in [0.2, 0.25) is 10.0 Å². The molecule has 0 aromatic heterocycles. The van der Waals surface area contributed by atoms with Crippen LogP contribution in [0.15, 0.2) is 30.3 Å². The molecule has 2 aromatic carbocycles. The predicted molar refractivity (Wildman–Crippen MR) is 91.5 cm³/mol. The fourth-order valence-corrected chi connectivity index (χ4v) is 2.60. The van der Waals surface area contributed by atoms with Crippen molar-refractivity contribution in [2.75, 3.05) is 21.3 Å². The van der Waals surface area contributed by atoms with Crippen molar-refractivity contribution in [3.8, 4) is 17.2 Å². The fraction of sp³-hybridized carbons (Fsp3) is 0.176. The lowest BCUT2D eigenvalue weighted by molar-refractivity contribution is 0.324. The SMILES string of the molecule is COc1cc(/C=C\c2cc(Cl)cc(Cl)c2)cc(OC)c1OC. The third-order valence-electron chi connectivity index (χ3n) is 3.04. The molecule has 0 fully saturated rings. The molecule has 5 heteroatoms. The van der Waals surface area contributed by atoms with Crippen molar-refractivity contribution in [3.63, 3.8) is 0 Å². The van der Waals surface area contributed by atoms with Crippen molar-refractivity contribution >= 4 is 35.4 Å². The molecule has 2 aromatic rings. The average Bonchev–Trinajstić information content (AvgIpc) is 2.50. The summed E-state index contributed by atoms with van der Waals surface area (Å²) < 4.78 is 16.0. The highest BCUT2D eigenvalue weighted by molar-refractivity contribution is 6.34. The molecule has 0 aliphatic rings. The molecule has 0 amide bonds. The Labute approximate surface area is 140 Å². The van der Waals surface area contributed by atoms with Crippen LogP contribution in [0.1, 0.15) is 11.1 Å². The van der Waals surface area contributed by atoms with Gasteiger partial charge in [0.2, 0.25) is 5.75 Å². The van der Waals surface area contributed by atoms with Crippen LogP contribution >= 0.6 is 23.2 Å². The van der Waals surface area contributed by atoms with Gasteiger partial charge in [-0.15, -0.1) is 0 Å². The van der Waals surface area contributed by atoms with E-state index < -0.39 is 0 Å². The lowest BCUT2D eigenvalue weighted by atomic mass is 10.1. The summed E-state index contributed by atoms with van der Waals surface area (Å²) in [4.78, 5) is 0. The molecule has 0 atom stereocenters. The minimum atomic E-state index is 0.563. The monoisotopic (exact) mass is 338 g/mol. The molecule has 0 aliphatic carbocycles. The summed E-state index contributed by atoms with van der Waals surface area (Å²) in [6, 6.07) is 9.09. The van der Waals surface area contributed by atoms with E-state index in [0.717, 1.165) is 11.1 Å². The van der Waals surface area contributed by atoms with E-state index in [1.165, 1.54) is 0 Å². The van der Waals surface area contributed by atoms with Gasteiger partial charge in [0.05, 0.1) is 21.3 Å². The molecule has 2 rings (SSSR count). The molecular weight excluding hydrogens is 323 g/mol. The highest BCUT2D eigenvalue weighted by Gasteiger charge is 2.11. The minimum absolute atomic E-state index is 0.563. The molecule has 0 saturated carbocycles. The van der Waals surface area contributed by atoms with Crippen molar-refractivity contribution < 1.29 is 14.2 Å². The van der Waals surface area contributed by atoms with Crippen molar-refractivity contribution in [2.24, 2.45) is 0 Å². The Hall–Kier alpha value is -1.84. The average molecular weight is 339 g/mol. The summed E-state index contributed by atoms with van der Waals surface area (Å²) in [7, 11) is 4.74. The van der Waals surface area contributed by atoms with Crippen LogP contribution in [-0.2, 0) is 0 Å². The topological polar surface area (TPSA) is 27.7 Å². The van der Waals surface area contributed by atoms with Crippen LogP contribution in [0.3, 0.4) is 0 Å². The van der Waals surface area contributed by atoms with Gasteiger partial charge in [-0.2, -0.15) is 0 Å². The van der Waals surface area contributed by atoms with Gasteiger partial charge in [0.15, 0.2) is 11.5 Å². The van der Waals surface area contributed by atoms with Gasteiger partial charge in [0, 0.05) is 10.0 Å². The Bertz CT molecular complexity index is 651. The van der Waals surface area contributed by atoms with Gasteiger partial charge in [0.1, 0.15) is 0 Å². The molecular formula is C17H16Cl2O3. The van der Waals surface area contributed by atoms with Gasteiger partial charge in [-0.1, -0.05) is 35.4 Å². The Morgan fingerprint density at radius 1 is 0.682 bits per heavy atom. The third kappa shape index (κ3) is 3.87. The molecule has 0 heterocycles. The number of hydrogen-bond acceptors (Lipinski definition) is 3. The van der Waals surface area contributed by atoms with Crippen LogP contribution < -0.4 is 14.2 Å². The quantitative estimate of drug-likeness (QED) is 0.702. The van der Waals surface area contributed by atoms with Crippen molar-refractivity contribution in [2.45, 2.75) is 0 Å². The number of ether oxygens (including phenoxy) is 3. The Balaban J connectivity index is 2.38. The first-order chi connectivity index (χ1) is 10.6. The second-order valence-corrected chi connectivity index (χ2v) is 5.37. The Morgan fingerprint density at radius 3 is 1.55 bits per heavy atom. The number of rotatable bonds is 5. The van der Waals surface area contributed by atoms with Crippen LogP contribution in [0.25, 0.3) is 12.2 Å². The van der Waals surface area contributed by atoms with E-state index in [1.54, 1.807) is 27.4 Å². The largest absolute Gasteiger partial charge is 0.493 e.